The van der Waals surface area contributed by atoms with Crippen molar-refractivity contribution in [2.24, 2.45) is 12.8 Å². The van der Waals surface area contributed by atoms with E-state index in [2.05, 4.69) is 0 Å². The molecule has 0 radical (unpaired) electrons. The van der Waals surface area contributed by atoms with Crippen molar-refractivity contribution in [3.8, 4) is 0 Å². The molecule has 88 valence electrons. The number of fused-ring (bicyclic) bond motifs is 1. The van der Waals surface area contributed by atoms with Gasteiger partial charge in [0.2, 0.25) is 5.91 Å². The van der Waals surface area contributed by atoms with E-state index in [1.165, 1.54) is 10.6 Å². The van der Waals surface area contributed by atoms with Crippen LogP contribution in [-0.2, 0) is 7.05 Å². The Balaban J connectivity index is 3.02. The SMILES string of the molecule is Cn1c(Cl)c(C(=O)O)c2c(C(N)=O)cccc21. The summed E-state index contributed by atoms with van der Waals surface area (Å²) in [4.78, 5) is 22.5. The first-order chi connectivity index (χ1) is 7.95. The molecule has 0 unspecified atom stereocenters. The molecule has 0 saturated heterocycles. The van der Waals surface area contributed by atoms with Crippen molar-refractivity contribution in [3.05, 3.63) is 34.5 Å². The molecule has 0 spiro atoms. The van der Waals surface area contributed by atoms with E-state index in [0.29, 0.717) is 5.52 Å². The number of carbonyl (C=O) groups excluding carboxylic acids is 1. The number of benzene rings is 1. The van der Waals surface area contributed by atoms with Crippen molar-refractivity contribution < 1.29 is 14.7 Å². The van der Waals surface area contributed by atoms with Crippen molar-refractivity contribution >= 4 is 34.4 Å². The second kappa shape index (κ2) is 3.78. The third-order valence-corrected chi connectivity index (χ3v) is 3.08. The number of aryl methyl sites for hydroxylation is 1. The van der Waals surface area contributed by atoms with Gasteiger partial charge in [0.15, 0.2) is 0 Å². The van der Waals surface area contributed by atoms with E-state index in [4.69, 9.17) is 22.4 Å². The molecule has 1 aromatic carbocycles. The summed E-state index contributed by atoms with van der Waals surface area (Å²) in [5, 5.41) is 9.48. The van der Waals surface area contributed by atoms with E-state index >= 15 is 0 Å². The molecule has 17 heavy (non-hydrogen) atoms. The highest BCUT2D eigenvalue weighted by Crippen LogP contribution is 2.31. The first kappa shape index (κ1) is 11.5. The van der Waals surface area contributed by atoms with Crippen LogP contribution in [0.5, 0.6) is 0 Å². The molecule has 0 saturated carbocycles. The van der Waals surface area contributed by atoms with Crippen molar-refractivity contribution in [1.82, 2.24) is 4.57 Å². The van der Waals surface area contributed by atoms with E-state index in [1.807, 2.05) is 0 Å². The molecule has 0 aliphatic rings. The molecule has 0 aliphatic carbocycles. The Labute approximate surface area is 101 Å². The van der Waals surface area contributed by atoms with Crippen LogP contribution in [0.15, 0.2) is 18.2 Å². The maximum atomic E-state index is 11.3. The number of aromatic nitrogens is 1. The molecule has 2 rings (SSSR count). The monoisotopic (exact) mass is 252 g/mol. The minimum atomic E-state index is -1.19. The number of nitrogens with zero attached hydrogens (tertiary/aromatic N) is 1. The predicted molar refractivity (Wildman–Crippen MR) is 63.4 cm³/mol. The van der Waals surface area contributed by atoms with Crippen LogP contribution in [0.4, 0.5) is 0 Å². The fourth-order valence-corrected chi connectivity index (χ4v) is 2.13. The number of halogens is 1. The average molecular weight is 253 g/mol. The second-order valence-corrected chi connectivity index (χ2v) is 3.95. The van der Waals surface area contributed by atoms with Crippen LogP contribution in [0.3, 0.4) is 0 Å². The number of carboxylic acid groups (broad SMARTS) is 1. The van der Waals surface area contributed by atoms with Gasteiger partial charge in [-0.15, -0.1) is 0 Å². The van der Waals surface area contributed by atoms with Gasteiger partial charge >= 0.3 is 5.97 Å². The van der Waals surface area contributed by atoms with Crippen LogP contribution >= 0.6 is 11.6 Å². The van der Waals surface area contributed by atoms with Crippen molar-refractivity contribution in [2.75, 3.05) is 0 Å². The molecular formula is C11H9ClN2O3. The first-order valence-corrected chi connectivity index (χ1v) is 5.13. The summed E-state index contributed by atoms with van der Waals surface area (Å²) in [7, 11) is 1.63. The maximum absolute atomic E-state index is 11.3. The van der Waals surface area contributed by atoms with Gasteiger partial charge in [-0.25, -0.2) is 4.79 Å². The van der Waals surface area contributed by atoms with Crippen molar-refractivity contribution in [3.63, 3.8) is 0 Å². The molecule has 0 atom stereocenters. The zero-order chi connectivity index (χ0) is 12.7. The minimum absolute atomic E-state index is 0.0706. The number of hydrogen-bond donors (Lipinski definition) is 2. The number of amides is 1. The zero-order valence-electron chi connectivity index (χ0n) is 8.90. The minimum Gasteiger partial charge on any atom is -0.478 e. The summed E-state index contributed by atoms with van der Waals surface area (Å²) >= 11 is 5.94. The number of hydrogen-bond acceptors (Lipinski definition) is 2. The zero-order valence-corrected chi connectivity index (χ0v) is 9.65. The van der Waals surface area contributed by atoms with Gasteiger partial charge in [0.1, 0.15) is 10.7 Å². The maximum Gasteiger partial charge on any atom is 0.339 e. The van der Waals surface area contributed by atoms with Gasteiger partial charge in [-0.2, -0.15) is 0 Å². The van der Waals surface area contributed by atoms with Crippen LogP contribution < -0.4 is 5.73 Å². The van der Waals surface area contributed by atoms with E-state index < -0.39 is 11.9 Å². The number of primary amides is 1. The molecule has 0 fully saturated rings. The summed E-state index contributed by atoms with van der Waals surface area (Å²) in [6, 6.07) is 4.79. The van der Waals surface area contributed by atoms with Gasteiger partial charge in [-0.05, 0) is 12.1 Å². The first-order valence-electron chi connectivity index (χ1n) is 4.75. The van der Waals surface area contributed by atoms with Crippen LogP contribution in [0.1, 0.15) is 20.7 Å². The molecule has 3 N–H and O–H groups in total. The van der Waals surface area contributed by atoms with Crippen molar-refractivity contribution in [1.29, 1.82) is 0 Å². The van der Waals surface area contributed by atoms with Crippen LogP contribution in [0.25, 0.3) is 10.9 Å². The van der Waals surface area contributed by atoms with Gasteiger partial charge in [0.05, 0.1) is 5.52 Å². The van der Waals surface area contributed by atoms with E-state index in [9.17, 15) is 9.59 Å². The van der Waals surface area contributed by atoms with E-state index in [1.54, 1.807) is 19.2 Å². The van der Waals surface area contributed by atoms with Gasteiger partial charge < -0.3 is 15.4 Å². The fraction of sp³-hybridized carbons (Fsp3) is 0.0909. The standard InChI is InChI=1S/C11H9ClN2O3/c1-14-6-4-2-3-5(10(13)15)7(6)8(9(14)12)11(16)17/h2-4H,1H3,(H2,13,15)(H,16,17). The highest BCUT2D eigenvalue weighted by Gasteiger charge is 2.23. The molecule has 0 aliphatic heterocycles. The quantitative estimate of drug-likeness (QED) is 0.852. The summed E-state index contributed by atoms with van der Waals surface area (Å²) < 4.78 is 1.51. The van der Waals surface area contributed by atoms with Gasteiger partial charge in [-0.1, -0.05) is 17.7 Å². The third kappa shape index (κ3) is 1.55. The van der Waals surface area contributed by atoms with Gasteiger partial charge in [0, 0.05) is 18.0 Å². The highest BCUT2D eigenvalue weighted by atomic mass is 35.5. The predicted octanol–water partition coefficient (Wildman–Crippen LogP) is 1.63. The van der Waals surface area contributed by atoms with Gasteiger partial charge in [0.25, 0.3) is 0 Å². The highest BCUT2D eigenvalue weighted by molar-refractivity contribution is 6.35. The Kier molecular flexibility index (Phi) is 2.55. The lowest BCUT2D eigenvalue weighted by Gasteiger charge is -2.00. The third-order valence-electron chi connectivity index (χ3n) is 2.63. The molecule has 1 heterocycles. The molecule has 0 bridgehead atoms. The summed E-state index contributed by atoms with van der Waals surface area (Å²) in [5.41, 5.74) is 5.84. The van der Waals surface area contributed by atoms with Gasteiger partial charge in [-0.3, -0.25) is 4.79 Å². The molecular weight excluding hydrogens is 244 g/mol. The number of nitrogens with two attached hydrogens (primary N) is 1. The van der Waals surface area contributed by atoms with E-state index in [0.717, 1.165) is 0 Å². The average Bonchev–Trinajstić information content (AvgIpc) is 2.51. The number of carbonyl (C=O) groups is 2. The normalized spacial score (nSPS) is 10.7. The lowest BCUT2D eigenvalue weighted by molar-refractivity contribution is 0.0699. The Bertz CT molecular complexity index is 646. The Morgan fingerprint density at radius 2 is 2.06 bits per heavy atom. The number of rotatable bonds is 2. The lowest BCUT2D eigenvalue weighted by atomic mass is 10.1. The molecule has 1 amide bonds. The molecule has 1 aromatic heterocycles. The van der Waals surface area contributed by atoms with Crippen LogP contribution in [0.2, 0.25) is 5.15 Å². The summed E-state index contributed by atoms with van der Waals surface area (Å²) in [6.07, 6.45) is 0. The second-order valence-electron chi connectivity index (χ2n) is 3.59. The largest absolute Gasteiger partial charge is 0.478 e. The molecule has 2 aromatic rings. The topological polar surface area (TPSA) is 85.3 Å². The van der Waals surface area contributed by atoms with Crippen LogP contribution in [0, 0.1) is 0 Å². The molecule has 6 heteroatoms. The summed E-state index contributed by atoms with van der Waals surface area (Å²) in [6.45, 7) is 0. The molecule has 5 nitrogen and oxygen atoms in total. The number of aromatic carboxylic acids is 1. The lowest BCUT2D eigenvalue weighted by Crippen LogP contribution is -2.12. The van der Waals surface area contributed by atoms with Crippen molar-refractivity contribution in [2.45, 2.75) is 0 Å². The smallest absolute Gasteiger partial charge is 0.339 e. The van der Waals surface area contributed by atoms with Crippen LogP contribution in [-0.4, -0.2) is 21.6 Å². The Hall–Kier alpha value is -2.01. The summed E-state index contributed by atoms with van der Waals surface area (Å²) in [5.74, 6) is -1.87. The Morgan fingerprint density at radius 1 is 1.41 bits per heavy atom. The Morgan fingerprint density at radius 3 is 2.59 bits per heavy atom. The number of carboxylic acids is 1. The van der Waals surface area contributed by atoms with E-state index in [-0.39, 0.29) is 21.7 Å². The fourth-order valence-electron chi connectivity index (χ4n) is 1.86.